The lowest BCUT2D eigenvalue weighted by molar-refractivity contribution is -0.123. The van der Waals surface area contributed by atoms with Gasteiger partial charge < -0.3 is 5.32 Å². The van der Waals surface area contributed by atoms with Gasteiger partial charge in [-0.05, 0) is 44.5 Å². The van der Waals surface area contributed by atoms with Crippen LogP contribution in [-0.4, -0.2) is 39.3 Å². The minimum absolute atomic E-state index is 0.0226. The van der Waals surface area contributed by atoms with Crippen molar-refractivity contribution in [2.75, 3.05) is 0 Å². The monoisotopic (exact) mass is 474 g/mol. The SMILES string of the molecule is CC(C)n1nccc1C1NC(=O)CCC1NS(=O)(=O)c1ccc2c(c1)c(=O)n(C)c(=O)n2C. The van der Waals surface area contributed by atoms with Crippen LogP contribution in [-0.2, 0) is 28.9 Å². The third kappa shape index (κ3) is 4.00. The van der Waals surface area contributed by atoms with Crippen LogP contribution in [0.25, 0.3) is 10.9 Å². The quantitative estimate of drug-likeness (QED) is 0.546. The van der Waals surface area contributed by atoms with E-state index in [2.05, 4.69) is 15.1 Å². The molecule has 1 aromatic carbocycles. The molecule has 4 rings (SSSR count). The zero-order valence-electron chi connectivity index (χ0n) is 18.8. The number of nitrogens with zero attached hydrogens (tertiary/aromatic N) is 4. The fraction of sp³-hybridized carbons (Fsp3) is 0.429. The molecule has 2 aromatic heterocycles. The number of carbonyl (C=O) groups excluding carboxylic acids is 1. The van der Waals surface area contributed by atoms with Gasteiger partial charge in [-0.25, -0.2) is 17.9 Å². The summed E-state index contributed by atoms with van der Waals surface area (Å²) in [5.41, 5.74) is -0.0311. The van der Waals surface area contributed by atoms with E-state index >= 15 is 0 Å². The van der Waals surface area contributed by atoms with Gasteiger partial charge in [-0.2, -0.15) is 5.10 Å². The van der Waals surface area contributed by atoms with Crippen LogP contribution in [0.15, 0.2) is 44.9 Å². The van der Waals surface area contributed by atoms with E-state index in [0.717, 1.165) is 4.57 Å². The molecule has 0 saturated carbocycles. The van der Waals surface area contributed by atoms with Gasteiger partial charge in [0, 0.05) is 38.8 Å². The molecular formula is C21H26N6O5S. The summed E-state index contributed by atoms with van der Waals surface area (Å²) < 4.78 is 33.2. The van der Waals surface area contributed by atoms with Crippen molar-refractivity contribution in [1.82, 2.24) is 29.0 Å². The topological polar surface area (TPSA) is 137 Å². The maximum atomic E-state index is 13.3. The molecule has 3 heterocycles. The number of fused-ring (bicyclic) bond motifs is 1. The molecule has 2 atom stereocenters. The second kappa shape index (κ2) is 8.27. The Kier molecular flexibility index (Phi) is 5.74. The number of benzene rings is 1. The van der Waals surface area contributed by atoms with Crippen LogP contribution in [0, 0.1) is 0 Å². The van der Waals surface area contributed by atoms with Crippen molar-refractivity contribution < 1.29 is 13.2 Å². The van der Waals surface area contributed by atoms with Crippen LogP contribution in [0.3, 0.4) is 0 Å². The maximum absolute atomic E-state index is 13.3. The predicted molar refractivity (Wildman–Crippen MR) is 121 cm³/mol. The average molecular weight is 475 g/mol. The first-order chi connectivity index (χ1) is 15.5. The zero-order chi connectivity index (χ0) is 24.1. The fourth-order valence-corrected chi connectivity index (χ4v) is 5.53. The summed E-state index contributed by atoms with van der Waals surface area (Å²) in [4.78, 5) is 36.8. The highest BCUT2D eigenvalue weighted by molar-refractivity contribution is 7.89. The molecule has 1 fully saturated rings. The summed E-state index contributed by atoms with van der Waals surface area (Å²) in [5, 5.41) is 7.29. The van der Waals surface area contributed by atoms with Crippen LogP contribution in [0.4, 0.5) is 0 Å². The number of amides is 1. The molecule has 2 unspecified atom stereocenters. The van der Waals surface area contributed by atoms with Gasteiger partial charge in [-0.1, -0.05) is 0 Å². The van der Waals surface area contributed by atoms with Crippen molar-refractivity contribution in [3.63, 3.8) is 0 Å². The highest BCUT2D eigenvalue weighted by atomic mass is 32.2. The normalized spacial score (nSPS) is 19.2. The number of sulfonamides is 1. The summed E-state index contributed by atoms with van der Waals surface area (Å²) in [6, 6.07) is 4.65. The van der Waals surface area contributed by atoms with Gasteiger partial charge in [0.1, 0.15) is 0 Å². The summed E-state index contributed by atoms with van der Waals surface area (Å²) >= 11 is 0. The van der Waals surface area contributed by atoms with Crippen LogP contribution in [0.1, 0.15) is 44.5 Å². The van der Waals surface area contributed by atoms with E-state index in [1.165, 1.54) is 36.9 Å². The number of piperidine rings is 1. The van der Waals surface area contributed by atoms with Crippen LogP contribution in [0.5, 0.6) is 0 Å². The Labute approximate surface area is 190 Å². The highest BCUT2D eigenvalue weighted by Crippen LogP contribution is 2.27. The van der Waals surface area contributed by atoms with E-state index in [1.54, 1.807) is 16.9 Å². The second-order valence-electron chi connectivity index (χ2n) is 8.49. The van der Waals surface area contributed by atoms with Crippen molar-refractivity contribution in [2.24, 2.45) is 14.1 Å². The number of nitrogens with one attached hydrogen (secondary N) is 2. The molecule has 2 N–H and O–H groups in total. The van der Waals surface area contributed by atoms with Crippen LogP contribution >= 0.6 is 0 Å². The number of aromatic nitrogens is 4. The van der Waals surface area contributed by atoms with Crippen molar-refractivity contribution in [2.45, 2.75) is 49.7 Å². The molecule has 1 aliphatic rings. The largest absolute Gasteiger partial charge is 0.346 e. The molecule has 1 aliphatic heterocycles. The van der Waals surface area contributed by atoms with Gasteiger partial charge in [-0.15, -0.1) is 0 Å². The molecule has 0 aliphatic carbocycles. The Morgan fingerprint density at radius 3 is 2.55 bits per heavy atom. The Bertz CT molecular complexity index is 1470. The first-order valence-electron chi connectivity index (χ1n) is 10.6. The number of hydrogen-bond donors (Lipinski definition) is 2. The summed E-state index contributed by atoms with van der Waals surface area (Å²) in [6.45, 7) is 3.90. The third-order valence-corrected chi connectivity index (χ3v) is 7.45. The first kappa shape index (κ1) is 22.9. The number of carbonyl (C=O) groups is 1. The van der Waals surface area contributed by atoms with Crippen molar-refractivity contribution in [3.05, 3.63) is 57.0 Å². The Balaban J connectivity index is 1.73. The average Bonchev–Trinajstić information content (AvgIpc) is 3.27. The Morgan fingerprint density at radius 2 is 1.85 bits per heavy atom. The summed E-state index contributed by atoms with van der Waals surface area (Å²) in [7, 11) is -1.18. The fourth-order valence-electron chi connectivity index (χ4n) is 4.22. The van der Waals surface area contributed by atoms with Gasteiger partial charge in [0.05, 0.1) is 27.5 Å². The molecule has 12 heteroatoms. The van der Waals surface area contributed by atoms with Crippen LogP contribution in [0.2, 0.25) is 0 Å². The molecule has 0 bridgehead atoms. The zero-order valence-corrected chi connectivity index (χ0v) is 19.6. The number of aryl methyl sites for hydroxylation is 1. The molecule has 3 aromatic rings. The lowest BCUT2D eigenvalue weighted by Crippen LogP contribution is -2.50. The molecule has 1 saturated heterocycles. The third-order valence-electron chi connectivity index (χ3n) is 5.97. The molecule has 176 valence electrons. The number of rotatable bonds is 5. The van der Waals surface area contributed by atoms with Gasteiger partial charge in [0.15, 0.2) is 0 Å². The lowest BCUT2D eigenvalue weighted by atomic mass is 9.96. The van der Waals surface area contributed by atoms with Crippen molar-refractivity contribution in [1.29, 1.82) is 0 Å². The van der Waals surface area contributed by atoms with E-state index < -0.39 is 33.4 Å². The molecule has 11 nitrogen and oxygen atoms in total. The van der Waals surface area contributed by atoms with Gasteiger partial charge in [0.2, 0.25) is 15.9 Å². The Morgan fingerprint density at radius 1 is 1.12 bits per heavy atom. The second-order valence-corrected chi connectivity index (χ2v) is 10.2. The lowest BCUT2D eigenvalue weighted by Gasteiger charge is -2.33. The van der Waals surface area contributed by atoms with E-state index in [-0.39, 0.29) is 28.7 Å². The van der Waals surface area contributed by atoms with E-state index in [4.69, 9.17) is 0 Å². The standard InChI is InChI=1S/C21H26N6O5S/c1-12(2)27-17(9-10-22-27)19-15(6-8-18(28)23-19)24-33(31,32)13-5-7-16-14(11-13)20(29)26(4)21(30)25(16)3/h5,7,9-12,15,19,24H,6,8H2,1-4H3,(H,23,28). The van der Waals surface area contributed by atoms with Gasteiger partial charge in [-0.3, -0.25) is 23.4 Å². The predicted octanol–water partition coefficient (Wildman–Crippen LogP) is 0.313. The summed E-state index contributed by atoms with van der Waals surface area (Å²) in [6.07, 6.45) is 2.10. The van der Waals surface area contributed by atoms with Gasteiger partial charge >= 0.3 is 5.69 Å². The van der Waals surface area contributed by atoms with E-state index in [9.17, 15) is 22.8 Å². The molecule has 33 heavy (non-hydrogen) atoms. The Hall–Kier alpha value is -3.25. The van der Waals surface area contributed by atoms with E-state index in [0.29, 0.717) is 17.6 Å². The van der Waals surface area contributed by atoms with Crippen molar-refractivity contribution in [3.8, 4) is 0 Å². The smallest absolute Gasteiger partial charge is 0.330 e. The highest BCUT2D eigenvalue weighted by Gasteiger charge is 2.35. The first-order valence-corrected chi connectivity index (χ1v) is 12.0. The molecular weight excluding hydrogens is 448 g/mol. The molecule has 0 spiro atoms. The van der Waals surface area contributed by atoms with Gasteiger partial charge in [0.25, 0.3) is 5.56 Å². The van der Waals surface area contributed by atoms with Crippen molar-refractivity contribution >= 4 is 26.8 Å². The molecule has 0 radical (unpaired) electrons. The summed E-state index contributed by atoms with van der Waals surface area (Å²) in [5.74, 6) is -0.165. The van der Waals surface area contributed by atoms with E-state index in [1.807, 2.05) is 13.8 Å². The maximum Gasteiger partial charge on any atom is 0.330 e. The minimum atomic E-state index is -4.05. The molecule has 1 amide bonds. The number of hydrogen-bond acceptors (Lipinski definition) is 6. The van der Waals surface area contributed by atoms with Crippen LogP contribution < -0.4 is 21.3 Å². The minimum Gasteiger partial charge on any atom is -0.346 e.